The number of rotatable bonds is 6. The molecule has 0 spiro atoms. The van der Waals surface area contributed by atoms with Gasteiger partial charge in [0.1, 0.15) is 5.82 Å². The normalized spacial score (nSPS) is 10.7. The fourth-order valence-electron chi connectivity index (χ4n) is 2.02. The number of hydrogen-bond donors (Lipinski definition) is 1. The third kappa shape index (κ3) is 4.04. The van der Waals surface area contributed by atoms with Crippen LogP contribution in [-0.2, 0) is 13.0 Å². The SMILES string of the molecule is CNCc1cc(F)cc(N(C)CCc2cccs2)c1. The number of thiophene rings is 1. The summed E-state index contributed by atoms with van der Waals surface area (Å²) in [6.45, 7) is 1.58. The summed E-state index contributed by atoms with van der Waals surface area (Å²) >= 11 is 1.76. The van der Waals surface area contributed by atoms with E-state index < -0.39 is 0 Å². The Morgan fingerprint density at radius 2 is 2.16 bits per heavy atom. The molecular formula is C15H19FN2S. The van der Waals surface area contributed by atoms with Crippen LogP contribution in [0.3, 0.4) is 0 Å². The number of nitrogens with one attached hydrogen (secondary N) is 1. The van der Waals surface area contributed by atoms with Crippen LogP contribution >= 0.6 is 11.3 Å². The van der Waals surface area contributed by atoms with Crippen LogP contribution < -0.4 is 10.2 Å². The average molecular weight is 278 g/mol. The van der Waals surface area contributed by atoms with Crippen molar-refractivity contribution in [3.05, 3.63) is 52.0 Å². The first-order chi connectivity index (χ1) is 9.19. The second-order valence-electron chi connectivity index (χ2n) is 4.60. The van der Waals surface area contributed by atoms with E-state index in [1.54, 1.807) is 23.5 Å². The van der Waals surface area contributed by atoms with Crippen molar-refractivity contribution < 1.29 is 4.39 Å². The summed E-state index contributed by atoms with van der Waals surface area (Å²) in [5.41, 5.74) is 1.90. The second-order valence-corrected chi connectivity index (χ2v) is 5.63. The molecule has 1 heterocycles. The Balaban J connectivity index is 2.03. The van der Waals surface area contributed by atoms with E-state index in [4.69, 9.17) is 0 Å². The summed E-state index contributed by atoms with van der Waals surface area (Å²) in [4.78, 5) is 3.46. The lowest BCUT2D eigenvalue weighted by Gasteiger charge is -2.20. The maximum absolute atomic E-state index is 13.6. The molecule has 0 saturated heterocycles. The highest BCUT2D eigenvalue weighted by molar-refractivity contribution is 7.09. The molecule has 0 amide bonds. The maximum atomic E-state index is 13.6. The number of benzene rings is 1. The van der Waals surface area contributed by atoms with Crippen LogP contribution in [0.4, 0.5) is 10.1 Å². The second kappa shape index (κ2) is 6.68. The predicted molar refractivity (Wildman–Crippen MR) is 80.5 cm³/mol. The molecule has 1 aromatic carbocycles. The lowest BCUT2D eigenvalue weighted by atomic mass is 10.1. The van der Waals surface area contributed by atoms with E-state index in [2.05, 4.69) is 27.7 Å². The summed E-state index contributed by atoms with van der Waals surface area (Å²) in [7, 11) is 3.87. The van der Waals surface area contributed by atoms with Crippen molar-refractivity contribution in [2.75, 3.05) is 25.5 Å². The molecule has 0 bridgehead atoms. The zero-order chi connectivity index (χ0) is 13.7. The van der Waals surface area contributed by atoms with E-state index in [0.29, 0.717) is 6.54 Å². The molecule has 0 aliphatic heterocycles. The van der Waals surface area contributed by atoms with Gasteiger partial charge < -0.3 is 10.2 Å². The van der Waals surface area contributed by atoms with Gasteiger partial charge in [0.15, 0.2) is 0 Å². The number of likely N-dealkylation sites (N-methyl/N-ethyl adjacent to an activating group) is 1. The highest BCUT2D eigenvalue weighted by atomic mass is 32.1. The van der Waals surface area contributed by atoms with Gasteiger partial charge in [0.25, 0.3) is 0 Å². The van der Waals surface area contributed by atoms with Gasteiger partial charge in [0, 0.05) is 30.7 Å². The van der Waals surface area contributed by atoms with Crippen molar-refractivity contribution in [3.63, 3.8) is 0 Å². The van der Waals surface area contributed by atoms with Crippen LogP contribution in [0.2, 0.25) is 0 Å². The molecule has 0 atom stereocenters. The van der Waals surface area contributed by atoms with Crippen molar-refractivity contribution >= 4 is 17.0 Å². The Morgan fingerprint density at radius 3 is 2.84 bits per heavy atom. The minimum absolute atomic E-state index is 0.175. The smallest absolute Gasteiger partial charge is 0.125 e. The van der Waals surface area contributed by atoms with E-state index in [1.165, 1.54) is 4.88 Å². The Morgan fingerprint density at radius 1 is 1.32 bits per heavy atom. The highest BCUT2D eigenvalue weighted by Crippen LogP contribution is 2.19. The summed E-state index contributed by atoms with van der Waals surface area (Å²) in [5, 5.41) is 5.13. The van der Waals surface area contributed by atoms with Crippen LogP contribution in [0.25, 0.3) is 0 Å². The Bertz CT molecular complexity index is 511. The summed E-state index contributed by atoms with van der Waals surface area (Å²) in [6, 6.07) is 9.40. The van der Waals surface area contributed by atoms with Crippen LogP contribution in [0.1, 0.15) is 10.4 Å². The first-order valence-electron chi connectivity index (χ1n) is 6.36. The lowest BCUT2D eigenvalue weighted by Crippen LogP contribution is -2.20. The molecule has 2 rings (SSSR count). The average Bonchev–Trinajstić information content (AvgIpc) is 2.88. The van der Waals surface area contributed by atoms with Crippen molar-refractivity contribution in [2.24, 2.45) is 0 Å². The van der Waals surface area contributed by atoms with Gasteiger partial charge in [-0.1, -0.05) is 6.07 Å². The minimum Gasteiger partial charge on any atom is -0.374 e. The zero-order valence-electron chi connectivity index (χ0n) is 11.3. The van der Waals surface area contributed by atoms with Crippen molar-refractivity contribution in [3.8, 4) is 0 Å². The van der Waals surface area contributed by atoms with E-state index in [9.17, 15) is 4.39 Å². The monoisotopic (exact) mass is 278 g/mol. The largest absolute Gasteiger partial charge is 0.374 e. The molecule has 19 heavy (non-hydrogen) atoms. The first kappa shape index (κ1) is 14.0. The fraction of sp³-hybridized carbons (Fsp3) is 0.333. The minimum atomic E-state index is -0.175. The molecule has 0 aliphatic carbocycles. The van der Waals surface area contributed by atoms with Crippen LogP contribution in [0.15, 0.2) is 35.7 Å². The van der Waals surface area contributed by atoms with E-state index >= 15 is 0 Å². The number of hydrogen-bond acceptors (Lipinski definition) is 3. The molecule has 102 valence electrons. The van der Waals surface area contributed by atoms with Gasteiger partial charge in [-0.3, -0.25) is 0 Å². The summed E-state index contributed by atoms with van der Waals surface area (Å²) in [5.74, 6) is -0.175. The third-order valence-electron chi connectivity index (χ3n) is 3.04. The molecule has 2 aromatic rings. The summed E-state index contributed by atoms with van der Waals surface area (Å²) in [6.07, 6.45) is 0.992. The maximum Gasteiger partial charge on any atom is 0.125 e. The zero-order valence-corrected chi connectivity index (χ0v) is 12.1. The third-order valence-corrected chi connectivity index (χ3v) is 3.97. The molecule has 0 radical (unpaired) electrons. The van der Waals surface area contributed by atoms with Gasteiger partial charge >= 0.3 is 0 Å². The molecule has 0 aliphatic rings. The van der Waals surface area contributed by atoms with Crippen LogP contribution in [-0.4, -0.2) is 20.6 Å². The molecule has 1 aromatic heterocycles. The molecule has 0 fully saturated rings. The van der Waals surface area contributed by atoms with Crippen molar-refractivity contribution in [1.29, 1.82) is 0 Å². The topological polar surface area (TPSA) is 15.3 Å². The predicted octanol–water partition coefficient (Wildman–Crippen LogP) is 3.29. The lowest BCUT2D eigenvalue weighted by molar-refractivity contribution is 0.623. The van der Waals surface area contributed by atoms with E-state index in [-0.39, 0.29) is 5.82 Å². The van der Waals surface area contributed by atoms with Crippen LogP contribution in [0, 0.1) is 5.82 Å². The first-order valence-corrected chi connectivity index (χ1v) is 7.24. The molecule has 1 N–H and O–H groups in total. The van der Waals surface area contributed by atoms with E-state index in [0.717, 1.165) is 24.2 Å². The Labute approximate surface area is 117 Å². The van der Waals surface area contributed by atoms with E-state index in [1.807, 2.05) is 20.2 Å². The standard InChI is InChI=1S/C15H19FN2S/c1-17-11-12-8-13(16)10-14(9-12)18(2)6-5-15-4-3-7-19-15/h3-4,7-10,17H,5-6,11H2,1-2H3. The molecule has 2 nitrogen and oxygen atoms in total. The van der Waals surface area contributed by atoms with Gasteiger partial charge in [0.2, 0.25) is 0 Å². The van der Waals surface area contributed by atoms with Crippen molar-refractivity contribution in [1.82, 2.24) is 5.32 Å². The Hall–Kier alpha value is -1.39. The number of halogens is 1. The van der Waals surface area contributed by atoms with Gasteiger partial charge in [-0.25, -0.2) is 4.39 Å². The van der Waals surface area contributed by atoms with Crippen molar-refractivity contribution in [2.45, 2.75) is 13.0 Å². The highest BCUT2D eigenvalue weighted by Gasteiger charge is 2.06. The van der Waals surface area contributed by atoms with Gasteiger partial charge in [-0.15, -0.1) is 11.3 Å². The number of nitrogens with zero attached hydrogens (tertiary/aromatic N) is 1. The van der Waals surface area contributed by atoms with Gasteiger partial charge in [0.05, 0.1) is 0 Å². The molecular weight excluding hydrogens is 259 g/mol. The van der Waals surface area contributed by atoms with Gasteiger partial charge in [-0.05, 0) is 48.7 Å². The van der Waals surface area contributed by atoms with Crippen LogP contribution in [0.5, 0.6) is 0 Å². The summed E-state index contributed by atoms with van der Waals surface area (Å²) < 4.78 is 13.6. The quantitative estimate of drug-likeness (QED) is 0.872. The number of anilines is 1. The molecule has 0 saturated carbocycles. The Kier molecular flexibility index (Phi) is 4.93. The molecule has 0 unspecified atom stereocenters. The molecule has 4 heteroatoms. The fourth-order valence-corrected chi connectivity index (χ4v) is 2.72. The van der Waals surface area contributed by atoms with Gasteiger partial charge in [-0.2, -0.15) is 0 Å².